The maximum atomic E-state index is 11.7. The van der Waals surface area contributed by atoms with Gasteiger partial charge < -0.3 is 19.9 Å². The summed E-state index contributed by atoms with van der Waals surface area (Å²) in [6.07, 6.45) is 0. The predicted molar refractivity (Wildman–Crippen MR) is 61.5 cm³/mol. The first-order valence-electron chi connectivity index (χ1n) is 5.41. The van der Waals surface area contributed by atoms with Gasteiger partial charge in [-0.05, 0) is 17.7 Å². The molecule has 0 saturated heterocycles. The highest BCUT2D eigenvalue weighted by Crippen LogP contribution is 2.33. The van der Waals surface area contributed by atoms with Crippen LogP contribution in [-0.4, -0.2) is 32.7 Å². The van der Waals surface area contributed by atoms with Crippen LogP contribution in [0.4, 0.5) is 0 Å². The highest BCUT2D eigenvalue weighted by atomic mass is 16.6. The molecule has 0 spiro atoms. The highest BCUT2D eigenvalue weighted by molar-refractivity contribution is 5.99. The van der Waals surface area contributed by atoms with E-state index in [4.69, 9.17) is 19.9 Å². The van der Waals surface area contributed by atoms with Crippen LogP contribution in [-0.2, 0) is 11.3 Å². The molecule has 0 radical (unpaired) electrons. The molecule has 0 unspecified atom stereocenters. The number of nitrogens with two attached hydrogens (primary N) is 1. The number of rotatable bonds is 4. The molecule has 1 aromatic carbocycles. The van der Waals surface area contributed by atoms with Gasteiger partial charge >= 0.3 is 0 Å². The van der Waals surface area contributed by atoms with E-state index in [9.17, 15) is 4.79 Å². The first-order chi connectivity index (χ1) is 8.26. The lowest BCUT2D eigenvalue weighted by Crippen LogP contribution is -2.19. The van der Waals surface area contributed by atoms with Crippen molar-refractivity contribution < 1.29 is 19.0 Å². The van der Waals surface area contributed by atoms with Gasteiger partial charge in [-0.2, -0.15) is 0 Å². The monoisotopic (exact) mass is 237 g/mol. The summed E-state index contributed by atoms with van der Waals surface area (Å²) in [5.41, 5.74) is 6.69. The zero-order chi connectivity index (χ0) is 12.3. The third-order valence-electron chi connectivity index (χ3n) is 2.55. The van der Waals surface area contributed by atoms with Gasteiger partial charge in [0, 0.05) is 12.7 Å². The second-order valence-corrected chi connectivity index (χ2v) is 3.71. The third kappa shape index (κ3) is 2.40. The van der Waals surface area contributed by atoms with Gasteiger partial charge in [0.25, 0.3) is 0 Å². The Bertz CT molecular complexity index is 431. The number of ketones is 1. The molecule has 5 heteroatoms. The number of hydrogen-bond acceptors (Lipinski definition) is 5. The van der Waals surface area contributed by atoms with Gasteiger partial charge in [-0.25, -0.2) is 0 Å². The van der Waals surface area contributed by atoms with Crippen LogP contribution in [0, 0.1) is 0 Å². The number of carbonyl (C=O) groups is 1. The lowest BCUT2D eigenvalue weighted by molar-refractivity contribution is 0.0994. The molecule has 92 valence electrons. The first kappa shape index (κ1) is 11.9. The van der Waals surface area contributed by atoms with Crippen molar-refractivity contribution in [3.8, 4) is 11.5 Å². The van der Waals surface area contributed by atoms with Crippen molar-refractivity contribution in [1.29, 1.82) is 0 Å². The maximum absolute atomic E-state index is 11.7. The Labute approximate surface area is 99.5 Å². The number of fused-ring (bicyclic) bond motifs is 1. The summed E-state index contributed by atoms with van der Waals surface area (Å²) in [6, 6.07) is 3.46. The van der Waals surface area contributed by atoms with Gasteiger partial charge in [-0.1, -0.05) is 0 Å². The van der Waals surface area contributed by atoms with Crippen LogP contribution in [0.1, 0.15) is 15.9 Å². The molecular weight excluding hydrogens is 222 g/mol. The number of hydrogen-bond donors (Lipinski definition) is 1. The normalized spacial score (nSPS) is 13.5. The summed E-state index contributed by atoms with van der Waals surface area (Å²) >= 11 is 0. The van der Waals surface area contributed by atoms with Crippen molar-refractivity contribution in [2.24, 2.45) is 5.73 Å². The number of carbonyl (C=O) groups excluding carboxylic acids is 1. The second-order valence-electron chi connectivity index (χ2n) is 3.71. The minimum Gasteiger partial charge on any atom is -0.486 e. The van der Waals surface area contributed by atoms with Gasteiger partial charge in [-0.3, -0.25) is 4.79 Å². The fourth-order valence-corrected chi connectivity index (χ4v) is 1.78. The molecule has 5 nitrogen and oxygen atoms in total. The minimum absolute atomic E-state index is 0.0314. The van der Waals surface area contributed by atoms with Crippen LogP contribution in [0.2, 0.25) is 0 Å². The lowest BCUT2D eigenvalue weighted by atomic mass is 10.0. The summed E-state index contributed by atoms with van der Waals surface area (Å²) in [5, 5.41) is 0. The van der Waals surface area contributed by atoms with Gasteiger partial charge in [0.05, 0.1) is 13.2 Å². The number of benzene rings is 1. The summed E-state index contributed by atoms with van der Waals surface area (Å²) in [4.78, 5) is 11.7. The van der Waals surface area contributed by atoms with Crippen molar-refractivity contribution in [2.45, 2.75) is 6.61 Å². The van der Waals surface area contributed by atoms with E-state index < -0.39 is 0 Å². The van der Waals surface area contributed by atoms with Gasteiger partial charge in [0.1, 0.15) is 13.2 Å². The zero-order valence-electron chi connectivity index (χ0n) is 9.69. The molecule has 0 amide bonds. The molecule has 0 aromatic heterocycles. The Balaban J connectivity index is 2.44. The van der Waals surface area contributed by atoms with E-state index in [0.29, 0.717) is 36.9 Å². The summed E-state index contributed by atoms with van der Waals surface area (Å²) in [7, 11) is 1.58. The summed E-state index contributed by atoms with van der Waals surface area (Å²) in [5.74, 6) is 1.11. The van der Waals surface area contributed by atoms with Crippen LogP contribution >= 0.6 is 0 Å². The molecule has 1 aliphatic rings. The molecule has 1 aliphatic heterocycles. The molecule has 2 N–H and O–H groups in total. The van der Waals surface area contributed by atoms with Gasteiger partial charge in [0.2, 0.25) is 0 Å². The SMILES string of the molecule is COCc1cc2c(cc1C(=O)CN)OCCO2. The van der Waals surface area contributed by atoms with E-state index >= 15 is 0 Å². The molecule has 0 atom stereocenters. The van der Waals surface area contributed by atoms with Crippen LogP contribution in [0.3, 0.4) is 0 Å². The average molecular weight is 237 g/mol. The van der Waals surface area contributed by atoms with Crippen molar-refractivity contribution >= 4 is 5.78 Å². The van der Waals surface area contributed by atoms with Crippen molar-refractivity contribution in [3.05, 3.63) is 23.3 Å². The predicted octanol–water partition coefficient (Wildman–Crippen LogP) is 0.746. The second kappa shape index (κ2) is 5.16. The standard InChI is InChI=1S/C12H15NO4/c1-15-7-8-4-11-12(17-3-2-16-11)5-9(8)10(14)6-13/h4-5H,2-3,6-7,13H2,1H3. The summed E-state index contributed by atoms with van der Waals surface area (Å²) < 4.78 is 16.0. The molecule has 17 heavy (non-hydrogen) atoms. The number of methoxy groups -OCH3 is 1. The van der Waals surface area contributed by atoms with Gasteiger partial charge in [0.15, 0.2) is 17.3 Å². The largest absolute Gasteiger partial charge is 0.486 e. The van der Waals surface area contributed by atoms with Gasteiger partial charge in [-0.15, -0.1) is 0 Å². The first-order valence-corrected chi connectivity index (χ1v) is 5.41. The van der Waals surface area contributed by atoms with E-state index in [1.807, 2.05) is 0 Å². The molecule has 1 aromatic rings. The Hall–Kier alpha value is -1.59. The van der Waals surface area contributed by atoms with E-state index in [1.165, 1.54) is 0 Å². The average Bonchev–Trinajstić information content (AvgIpc) is 2.37. The van der Waals surface area contributed by atoms with Crippen molar-refractivity contribution in [2.75, 3.05) is 26.9 Å². The number of Topliss-reactive ketones (excluding diaryl/α,β-unsaturated/α-hetero) is 1. The highest BCUT2D eigenvalue weighted by Gasteiger charge is 2.18. The van der Waals surface area contributed by atoms with Crippen molar-refractivity contribution in [3.63, 3.8) is 0 Å². The van der Waals surface area contributed by atoms with E-state index in [-0.39, 0.29) is 12.3 Å². The Kier molecular flexibility index (Phi) is 3.61. The molecule has 1 heterocycles. The summed E-state index contributed by atoms with van der Waals surface area (Å²) in [6.45, 7) is 1.32. The topological polar surface area (TPSA) is 70.8 Å². The van der Waals surface area contributed by atoms with Crippen LogP contribution in [0.25, 0.3) is 0 Å². The lowest BCUT2D eigenvalue weighted by Gasteiger charge is -2.20. The van der Waals surface area contributed by atoms with E-state index in [1.54, 1.807) is 19.2 Å². The fraction of sp³-hybridized carbons (Fsp3) is 0.417. The third-order valence-corrected chi connectivity index (χ3v) is 2.55. The van der Waals surface area contributed by atoms with Crippen LogP contribution < -0.4 is 15.2 Å². The Morgan fingerprint density at radius 3 is 2.59 bits per heavy atom. The zero-order valence-corrected chi connectivity index (χ0v) is 9.69. The molecule has 0 fully saturated rings. The smallest absolute Gasteiger partial charge is 0.176 e. The van der Waals surface area contributed by atoms with E-state index in [2.05, 4.69) is 0 Å². The Morgan fingerprint density at radius 2 is 2.00 bits per heavy atom. The molecule has 0 aliphatic carbocycles. The molecule has 0 bridgehead atoms. The molecule has 0 saturated carbocycles. The quantitative estimate of drug-likeness (QED) is 0.782. The maximum Gasteiger partial charge on any atom is 0.176 e. The molecule has 2 rings (SSSR count). The minimum atomic E-state index is -0.131. The number of ether oxygens (including phenoxy) is 3. The van der Waals surface area contributed by atoms with Crippen molar-refractivity contribution in [1.82, 2.24) is 0 Å². The Morgan fingerprint density at radius 1 is 1.35 bits per heavy atom. The fourth-order valence-electron chi connectivity index (χ4n) is 1.78. The van der Waals surface area contributed by atoms with Crippen LogP contribution in [0.15, 0.2) is 12.1 Å². The van der Waals surface area contributed by atoms with E-state index in [0.717, 1.165) is 5.56 Å². The molecular formula is C12H15NO4. The van der Waals surface area contributed by atoms with Crippen LogP contribution in [0.5, 0.6) is 11.5 Å².